The first-order valence-corrected chi connectivity index (χ1v) is 10.8. The Hall–Kier alpha value is -0.970. The van der Waals surface area contributed by atoms with Crippen LogP contribution in [0.25, 0.3) is 0 Å². The van der Waals surface area contributed by atoms with Gasteiger partial charge in [-0.05, 0) is 38.0 Å². The number of carbonyl (C=O) groups is 1. The summed E-state index contributed by atoms with van der Waals surface area (Å²) in [7, 11) is 0. The minimum atomic E-state index is -0.830. The molecule has 156 valence electrons. The number of Topliss-reactive ketones (excluding diaryl/α,β-unsaturated/α-hetero) is 1. The molecule has 4 heteroatoms. The zero-order valence-corrected chi connectivity index (χ0v) is 17.1. The first-order chi connectivity index (χ1) is 13.0. The maximum absolute atomic E-state index is 12.2. The largest absolute Gasteiger partial charge is 0.394 e. The van der Waals surface area contributed by atoms with E-state index in [9.17, 15) is 15.0 Å². The molecule has 2 unspecified atom stereocenters. The van der Waals surface area contributed by atoms with E-state index in [2.05, 4.69) is 19.6 Å². The van der Waals surface area contributed by atoms with Crippen LogP contribution in [-0.2, 0) is 4.79 Å². The molecule has 4 atom stereocenters. The normalized spacial score (nSPS) is 23.6. The van der Waals surface area contributed by atoms with Crippen molar-refractivity contribution >= 4 is 5.78 Å². The summed E-state index contributed by atoms with van der Waals surface area (Å²) in [6.45, 7) is 5.73. The van der Waals surface area contributed by atoms with E-state index < -0.39 is 11.7 Å². The molecule has 0 spiro atoms. The molecule has 1 rings (SSSR count). The summed E-state index contributed by atoms with van der Waals surface area (Å²) in [6.07, 6.45) is 15.8. The van der Waals surface area contributed by atoms with Gasteiger partial charge in [0, 0.05) is 12.3 Å². The Morgan fingerprint density at radius 1 is 1.26 bits per heavy atom. The molecule has 0 aromatic heterocycles. The van der Waals surface area contributed by atoms with Crippen LogP contribution < -0.4 is 0 Å². The number of unbranched alkanes of at least 4 members (excludes halogenated alkanes) is 4. The summed E-state index contributed by atoms with van der Waals surface area (Å²) in [4.78, 5) is 12.2. The van der Waals surface area contributed by atoms with E-state index in [0.717, 1.165) is 57.8 Å². The summed E-state index contributed by atoms with van der Waals surface area (Å²) < 4.78 is 0. The van der Waals surface area contributed by atoms with Crippen LogP contribution in [0.5, 0.6) is 0 Å². The second-order valence-electron chi connectivity index (χ2n) is 8.15. The summed E-state index contributed by atoms with van der Waals surface area (Å²) >= 11 is 0. The number of carbonyl (C=O) groups excluding carboxylic acids is 1. The summed E-state index contributed by atoms with van der Waals surface area (Å²) in [6, 6.07) is 0. The predicted octanol–water partition coefficient (Wildman–Crippen LogP) is 4.33. The van der Waals surface area contributed by atoms with Crippen molar-refractivity contribution < 1.29 is 20.1 Å². The van der Waals surface area contributed by atoms with E-state index in [1.807, 2.05) is 6.08 Å². The van der Waals surface area contributed by atoms with E-state index in [4.69, 9.17) is 5.11 Å². The number of aliphatic hydroxyl groups is 3. The van der Waals surface area contributed by atoms with Crippen LogP contribution in [0, 0.1) is 11.8 Å². The van der Waals surface area contributed by atoms with Crippen LogP contribution in [0.15, 0.2) is 24.8 Å². The van der Waals surface area contributed by atoms with Gasteiger partial charge < -0.3 is 15.3 Å². The SMILES string of the molecule is C=CC(O)(CC=C[C@H]1CCC(=O)[C@@H]1CCCCCCC(O)CO)CCCC. The molecule has 1 saturated carbocycles. The third kappa shape index (κ3) is 9.18. The van der Waals surface area contributed by atoms with Gasteiger partial charge in [-0.1, -0.05) is 63.7 Å². The Morgan fingerprint density at radius 3 is 2.67 bits per heavy atom. The molecule has 0 heterocycles. The second-order valence-corrected chi connectivity index (χ2v) is 8.15. The minimum Gasteiger partial charge on any atom is -0.394 e. The smallest absolute Gasteiger partial charge is 0.136 e. The van der Waals surface area contributed by atoms with Crippen molar-refractivity contribution in [3.63, 3.8) is 0 Å². The predicted molar refractivity (Wildman–Crippen MR) is 110 cm³/mol. The summed E-state index contributed by atoms with van der Waals surface area (Å²) in [5.74, 6) is 0.802. The zero-order chi connectivity index (χ0) is 20.1. The van der Waals surface area contributed by atoms with Crippen molar-refractivity contribution in [3.05, 3.63) is 24.8 Å². The number of rotatable bonds is 15. The van der Waals surface area contributed by atoms with Crippen molar-refractivity contribution in [1.82, 2.24) is 0 Å². The molecular formula is C23H40O4. The Labute approximate surface area is 165 Å². The molecular weight excluding hydrogens is 340 g/mol. The lowest BCUT2D eigenvalue weighted by atomic mass is 9.88. The molecule has 1 aliphatic rings. The van der Waals surface area contributed by atoms with Gasteiger partial charge in [0.25, 0.3) is 0 Å². The van der Waals surface area contributed by atoms with Gasteiger partial charge in [-0.15, -0.1) is 6.58 Å². The molecule has 3 N–H and O–H groups in total. The lowest BCUT2D eigenvalue weighted by molar-refractivity contribution is -0.121. The van der Waals surface area contributed by atoms with E-state index >= 15 is 0 Å². The lowest BCUT2D eigenvalue weighted by Gasteiger charge is -2.23. The quantitative estimate of drug-likeness (QED) is 0.292. The van der Waals surface area contributed by atoms with Crippen molar-refractivity contribution in [2.75, 3.05) is 6.61 Å². The minimum absolute atomic E-state index is 0.122. The van der Waals surface area contributed by atoms with Gasteiger partial charge >= 0.3 is 0 Å². The second kappa shape index (κ2) is 13.2. The molecule has 1 fully saturated rings. The Morgan fingerprint density at radius 2 is 2.00 bits per heavy atom. The van der Waals surface area contributed by atoms with Crippen molar-refractivity contribution in [2.24, 2.45) is 11.8 Å². The molecule has 0 aliphatic heterocycles. The van der Waals surface area contributed by atoms with Gasteiger partial charge in [-0.3, -0.25) is 4.79 Å². The molecule has 0 radical (unpaired) electrons. The van der Waals surface area contributed by atoms with Gasteiger partial charge in [0.05, 0.1) is 18.3 Å². The monoisotopic (exact) mass is 380 g/mol. The standard InChI is InChI=1S/C23H40O4/c1-3-5-16-23(27,4-2)17-10-11-19-14-15-22(26)21(19)13-9-7-6-8-12-20(25)18-24/h4,10-11,19-21,24-25,27H,2-3,5-9,12-18H2,1H3/t19-,20?,21+,23?/m0/s1. The van der Waals surface area contributed by atoms with Crippen molar-refractivity contribution in [2.45, 2.75) is 95.7 Å². The third-order valence-corrected chi connectivity index (χ3v) is 5.87. The van der Waals surface area contributed by atoms with E-state index in [0.29, 0.717) is 31.0 Å². The highest BCUT2D eigenvalue weighted by molar-refractivity contribution is 5.83. The maximum atomic E-state index is 12.2. The van der Waals surface area contributed by atoms with Gasteiger partial charge in [-0.25, -0.2) is 0 Å². The van der Waals surface area contributed by atoms with Gasteiger partial charge in [0.2, 0.25) is 0 Å². The number of hydrogen-bond acceptors (Lipinski definition) is 4. The van der Waals surface area contributed by atoms with Crippen molar-refractivity contribution in [3.8, 4) is 0 Å². The Balaban J connectivity index is 2.37. The van der Waals surface area contributed by atoms with Crippen LogP contribution in [-0.4, -0.2) is 39.4 Å². The highest BCUT2D eigenvalue weighted by Crippen LogP contribution is 2.34. The van der Waals surface area contributed by atoms with Gasteiger partial charge in [0.1, 0.15) is 5.78 Å². The average molecular weight is 381 g/mol. The molecule has 0 saturated heterocycles. The topological polar surface area (TPSA) is 77.8 Å². The molecule has 1 aliphatic carbocycles. The van der Waals surface area contributed by atoms with Gasteiger partial charge in [-0.2, -0.15) is 0 Å². The molecule has 0 bridgehead atoms. The molecule has 0 aromatic rings. The Bertz CT molecular complexity index is 459. The van der Waals surface area contributed by atoms with Crippen LogP contribution >= 0.6 is 0 Å². The van der Waals surface area contributed by atoms with Crippen LogP contribution in [0.4, 0.5) is 0 Å². The van der Waals surface area contributed by atoms with Crippen LogP contribution in [0.2, 0.25) is 0 Å². The van der Waals surface area contributed by atoms with Crippen molar-refractivity contribution in [1.29, 1.82) is 0 Å². The number of ketones is 1. The number of allylic oxidation sites excluding steroid dienone is 1. The zero-order valence-electron chi connectivity index (χ0n) is 17.1. The molecule has 4 nitrogen and oxygen atoms in total. The fraction of sp³-hybridized carbons (Fsp3) is 0.783. The molecule has 0 amide bonds. The van der Waals surface area contributed by atoms with Gasteiger partial charge in [0.15, 0.2) is 0 Å². The maximum Gasteiger partial charge on any atom is 0.136 e. The lowest BCUT2D eigenvalue weighted by Crippen LogP contribution is -2.24. The Kier molecular flexibility index (Phi) is 11.8. The number of hydrogen-bond donors (Lipinski definition) is 3. The highest BCUT2D eigenvalue weighted by atomic mass is 16.3. The fourth-order valence-electron chi connectivity index (χ4n) is 3.95. The summed E-state index contributed by atoms with van der Waals surface area (Å²) in [5, 5.41) is 28.7. The first-order valence-electron chi connectivity index (χ1n) is 10.8. The van der Waals surface area contributed by atoms with E-state index in [-0.39, 0.29) is 12.5 Å². The fourth-order valence-corrected chi connectivity index (χ4v) is 3.95. The van der Waals surface area contributed by atoms with E-state index in [1.165, 1.54) is 0 Å². The average Bonchev–Trinajstić information content (AvgIpc) is 3.02. The first kappa shape index (κ1) is 24.1. The van der Waals surface area contributed by atoms with Crippen LogP contribution in [0.1, 0.15) is 84.0 Å². The third-order valence-electron chi connectivity index (χ3n) is 5.87. The molecule has 27 heavy (non-hydrogen) atoms. The highest BCUT2D eigenvalue weighted by Gasteiger charge is 2.32. The van der Waals surface area contributed by atoms with E-state index in [1.54, 1.807) is 6.08 Å². The van der Waals surface area contributed by atoms with Crippen LogP contribution in [0.3, 0.4) is 0 Å². The molecule has 0 aromatic carbocycles. The summed E-state index contributed by atoms with van der Waals surface area (Å²) in [5.41, 5.74) is -0.830. The number of aliphatic hydroxyl groups excluding tert-OH is 2.